The van der Waals surface area contributed by atoms with Crippen molar-refractivity contribution in [2.24, 2.45) is 0 Å². The van der Waals surface area contributed by atoms with E-state index in [0.717, 1.165) is 18.7 Å². The predicted octanol–water partition coefficient (Wildman–Crippen LogP) is 1.60. The molecule has 0 unspecified atom stereocenters. The van der Waals surface area contributed by atoms with Gasteiger partial charge < -0.3 is 15.3 Å². The quantitative estimate of drug-likeness (QED) is 0.771. The molecule has 0 spiro atoms. The lowest BCUT2D eigenvalue weighted by Gasteiger charge is -2.17. The van der Waals surface area contributed by atoms with Gasteiger partial charge in [-0.1, -0.05) is 18.2 Å². The molecule has 0 aliphatic rings. The van der Waals surface area contributed by atoms with Crippen LogP contribution >= 0.6 is 0 Å². The Kier molecular flexibility index (Phi) is 4.59. The van der Waals surface area contributed by atoms with Crippen molar-refractivity contribution in [1.82, 2.24) is 10.2 Å². The van der Waals surface area contributed by atoms with Crippen molar-refractivity contribution < 1.29 is 5.11 Å². The summed E-state index contributed by atoms with van der Waals surface area (Å²) in [6, 6.07) is 7.64. The highest BCUT2D eigenvalue weighted by molar-refractivity contribution is 5.34. The van der Waals surface area contributed by atoms with E-state index in [4.69, 9.17) is 0 Å². The average molecular weight is 208 g/mol. The molecule has 1 rings (SSSR count). The van der Waals surface area contributed by atoms with E-state index in [1.807, 2.05) is 32.3 Å². The Bertz CT molecular complexity index is 299. The van der Waals surface area contributed by atoms with Crippen LogP contribution in [0.2, 0.25) is 0 Å². The maximum atomic E-state index is 9.64. The zero-order chi connectivity index (χ0) is 11.3. The minimum atomic E-state index is 0.186. The predicted molar refractivity (Wildman–Crippen MR) is 63.1 cm³/mol. The van der Waals surface area contributed by atoms with E-state index in [1.165, 1.54) is 0 Å². The molecule has 3 nitrogen and oxygen atoms in total. The van der Waals surface area contributed by atoms with Gasteiger partial charge in [-0.05, 0) is 27.1 Å². The van der Waals surface area contributed by atoms with E-state index >= 15 is 0 Å². The van der Waals surface area contributed by atoms with Crippen molar-refractivity contribution in [3.63, 3.8) is 0 Å². The molecule has 2 N–H and O–H groups in total. The minimum absolute atomic E-state index is 0.186. The van der Waals surface area contributed by atoms with E-state index in [9.17, 15) is 5.11 Å². The second-order valence-corrected chi connectivity index (χ2v) is 4.04. The van der Waals surface area contributed by atoms with Crippen molar-refractivity contribution in [2.45, 2.75) is 13.0 Å². The fraction of sp³-hybridized carbons (Fsp3) is 0.500. The number of phenolic OH excluding ortho intramolecular Hbond substituents is 1. The number of hydrogen-bond acceptors (Lipinski definition) is 3. The largest absolute Gasteiger partial charge is 0.508 e. The molecule has 15 heavy (non-hydrogen) atoms. The van der Waals surface area contributed by atoms with Gasteiger partial charge in [0.2, 0.25) is 0 Å². The summed E-state index contributed by atoms with van der Waals surface area (Å²) in [6.07, 6.45) is 0. The molecule has 1 atom stereocenters. The number of nitrogens with one attached hydrogen (secondary N) is 1. The molecule has 0 fully saturated rings. The zero-order valence-electron chi connectivity index (χ0n) is 9.70. The molecular weight excluding hydrogens is 188 g/mol. The van der Waals surface area contributed by atoms with Crippen LogP contribution in [-0.4, -0.2) is 37.2 Å². The number of likely N-dealkylation sites (N-methyl/N-ethyl adjacent to an activating group) is 1. The van der Waals surface area contributed by atoms with E-state index in [-0.39, 0.29) is 6.04 Å². The van der Waals surface area contributed by atoms with E-state index in [1.54, 1.807) is 6.07 Å². The Morgan fingerprint density at radius 1 is 1.33 bits per heavy atom. The van der Waals surface area contributed by atoms with Crippen LogP contribution in [0.25, 0.3) is 0 Å². The molecular formula is C12H20N2O. The minimum Gasteiger partial charge on any atom is -0.508 e. The first-order chi connectivity index (χ1) is 7.11. The van der Waals surface area contributed by atoms with Gasteiger partial charge in [0.1, 0.15) is 5.75 Å². The molecule has 0 aliphatic heterocycles. The van der Waals surface area contributed by atoms with Crippen molar-refractivity contribution in [2.75, 3.05) is 27.2 Å². The first-order valence-corrected chi connectivity index (χ1v) is 5.27. The Labute approximate surface area is 91.7 Å². The van der Waals surface area contributed by atoms with Gasteiger partial charge in [0.05, 0.1) is 0 Å². The highest BCUT2D eigenvalue weighted by Crippen LogP contribution is 2.22. The maximum absolute atomic E-state index is 9.64. The highest BCUT2D eigenvalue weighted by atomic mass is 16.3. The van der Waals surface area contributed by atoms with Crippen molar-refractivity contribution >= 4 is 0 Å². The van der Waals surface area contributed by atoms with Crippen LogP contribution < -0.4 is 5.32 Å². The normalized spacial score (nSPS) is 13.1. The SMILES string of the molecule is C[C@@H](NCCN(C)C)c1ccccc1O. The van der Waals surface area contributed by atoms with Crippen molar-refractivity contribution in [3.8, 4) is 5.75 Å². The fourth-order valence-corrected chi connectivity index (χ4v) is 1.47. The van der Waals surface area contributed by atoms with Crippen molar-refractivity contribution in [3.05, 3.63) is 29.8 Å². The van der Waals surface area contributed by atoms with Crippen LogP contribution in [0.5, 0.6) is 5.75 Å². The van der Waals surface area contributed by atoms with Gasteiger partial charge in [0.25, 0.3) is 0 Å². The smallest absolute Gasteiger partial charge is 0.120 e. The van der Waals surface area contributed by atoms with E-state index in [0.29, 0.717) is 5.75 Å². The molecule has 1 aromatic rings. The fourth-order valence-electron chi connectivity index (χ4n) is 1.47. The molecule has 84 valence electrons. The lowest BCUT2D eigenvalue weighted by Crippen LogP contribution is -2.28. The molecule has 3 heteroatoms. The second-order valence-electron chi connectivity index (χ2n) is 4.04. The monoisotopic (exact) mass is 208 g/mol. The van der Waals surface area contributed by atoms with Gasteiger partial charge in [-0.15, -0.1) is 0 Å². The second kappa shape index (κ2) is 5.73. The maximum Gasteiger partial charge on any atom is 0.120 e. The third-order valence-electron chi connectivity index (χ3n) is 2.41. The number of para-hydroxylation sites is 1. The van der Waals surface area contributed by atoms with Crippen LogP contribution in [-0.2, 0) is 0 Å². The molecule has 0 saturated carbocycles. The Morgan fingerprint density at radius 2 is 2.00 bits per heavy atom. The van der Waals surface area contributed by atoms with Gasteiger partial charge in [-0.2, -0.15) is 0 Å². The Balaban J connectivity index is 2.47. The first-order valence-electron chi connectivity index (χ1n) is 5.27. The molecule has 0 aromatic heterocycles. The standard InChI is InChI=1S/C12H20N2O/c1-10(13-8-9-14(2)3)11-6-4-5-7-12(11)15/h4-7,10,13,15H,8-9H2,1-3H3/t10-/m1/s1. The van der Waals surface area contributed by atoms with Crippen LogP contribution in [0, 0.1) is 0 Å². The molecule has 0 amide bonds. The van der Waals surface area contributed by atoms with Gasteiger partial charge in [-0.25, -0.2) is 0 Å². The molecule has 0 bridgehead atoms. The van der Waals surface area contributed by atoms with Crippen molar-refractivity contribution in [1.29, 1.82) is 0 Å². The number of nitrogens with zero attached hydrogens (tertiary/aromatic N) is 1. The topological polar surface area (TPSA) is 35.5 Å². The summed E-state index contributed by atoms with van der Waals surface area (Å²) in [5, 5.41) is 13.0. The van der Waals surface area contributed by atoms with E-state index < -0.39 is 0 Å². The van der Waals surface area contributed by atoms with Crippen LogP contribution in [0.1, 0.15) is 18.5 Å². The van der Waals surface area contributed by atoms with Crippen LogP contribution in [0.3, 0.4) is 0 Å². The summed E-state index contributed by atoms with van der Waals surface area (Å²) in [5.74, 6) is 0.363. The molecule has 0 saturated heterocycles. The van der Waals surface area contributed by atoms with Gasteiger partial charge in [-0.3, -0.25) is 0 Å². The van der Waals surface area contributed by atoms with Crippen LogP contribution in [0.4, 0.5) is 0 Å². The molecule has 0 heterocycles. The van der Waals surface area contributed by atoms with E-state index in [2.05, 4.69) is 17.1 Å². The van der Waals surface area contributed by atoms with Gasteiger partial charge in [0, 0.05) is 24.7 Å². The number of aromatic hydroxyl groups is 1. The Morgan fingerprint density at radius 3 is 2.60 bits per heavy atom. The highest BCUT2D eigenvalue weighted by Gasteiger charge is 2.08. The molecule has 0 radical (unpaired) electrons. The number of hydrogen-bond donors (Lipinski definition) is 2. The third-order valence-corrected chi connectivity index (χ3v) is 2.41. The summed E-state index contributed by atoms with van der Waals surface area (Å²) in [7, 11) is 4.10. The number of benzene rings is 1. The lowest BCUT2D eigenvalue weighted by atomic mass is 10.1. The number of phenols is 1. The first kappa shape index (κ1) is 12.0. The summed E-state index contributed by atoms with van der Waals surface area (Å²) in [5.41, 5.74) is 0.955. The van der Waals surface area contributed by atoms with Gasteiger partial charge >= 0.3 is 0 Å². The summed E-state index contributed by atoms with van der Waals surface area (Å²) in [4.78, 5) is 2.13. The zero-order valence-corrected chi connectivity index (χ0v) is 9.70. The van der Waals surface area contributed by atoms with Gasteiger partial charge in [0.15, 0.2) is 0 Å². The number of rotatable bonds is 5. The summed E-state index contributed by atoms with van der Waals surface area (Å²) >= 11 is 0. The van der Waals surface area contributed by atoms with Crippen LogP contribution in [0.15, 0.2) is 24.3 Å². The summed E-state index contributed by atoms with van der Waals surface area (Å²) < 4.78 is 0. The third kappa shape index (κ3) is 3.90. The summed E-state index contributed by atoms with van der Waals surface area (Å²) in [6.45, 7) is 3.98. The molecule has 0 aliphatic carbocycles. The molecule has 1 aromatic carbocycles. The lowest BCUT2D eigenvalue weighted by molar-refractivity contribution is 0.385. The average Bonchev–Trinajstić information content (AvgIpc) is 2.17. The Hall–Kier alpha value is -1.06.